The normalized spacial score (nSPS) is 10.2. The molecule has 64 valence electrons. The van der Waals surface area contributed by atoms with Crippen molar-refractivity contribution < 1.29 is 4.79 Å². The van der Waals surface area contributed by atoms with Gasteiger partial charge in [-0.1, -0.05) is 23.7 Å². The number of rotatable bonds is 1. The Hall–Kier alpha value is -1.48. The van der Waals surface area contributed by atoms with E-state index in [1.54, 1.807) is 6.07 Å². The van der Waals surface area contributed by atoms with Gasteiger partial charge in [-0.25, -0.2) is 9.97 Å². The van der Waals surface area contributed by atoms with Crippen molar-refractivity contribution in [2.75, 3.05) is 0 Å². The van der Waals surface area contributed by atoms with Gasteiger partial charge in [-0.05, 0) is 12.1 Å². The minimum Gasteiger partial charge on any atom is -0.294 e. The lowest BCUT2D eigenvalue weighted by Gasteiger charge is -1.98. The summed E-state index contributed by atoms with van der Waals surface area (Å²) in [5.74, 6) is 0.115. The molecule has 2 rings (SSSR count). The summed E-state index contributed by atoms with van der Waals surface area (Å²) in [6.07, 6.45) is 0.582. The van der Waals surface area contributed by atoms with Crippen molar-refractivity contribution in [3.05, 3.63) is 35.2 Å². The van der Waals surface area contributed by atoms with Crippen LogP contribution in [0.4, 0.5) is 0 Å². The Bertz CT molecular complexity index is 470. The number of para-hydroxylation sites is 1. The maximum atomic E-state index is 10.4. The Kier molecular flexibility index (Phi) is 1.94. The molecule has 0 saturated carbocycles. The Balaban J connectivity index is 2.84. The van der Waals surface area contributed by atoms with E-state index in [1.807, 2.05) is 18.2 Å². The highest BCUT2D eigenvalue weighted by molar-refractivity contribution is 6.34. The summed E-state index contributed by atoms with van der Waals surface area (Å²) in [6, 6.07) is 7.28. The summed E-state index contributed by atoms with van der Waals surface area (Å²) in [4.78, 5) is 18.2. The zero-order valence-corrected chi connectivity index (χ0v) is 7.32. The molecular weight excluding hydrogens is 188 g/mol. The molecule has 1 aromatic carbocycles. The van der Waals surface area contributed by atoms with Crippen LogP contribution in [0.3, 0.4) is 0 Å². The van der Waals surface area contributed by atoms with Gasteiger partial charge in [-0.2, -0.15) is 0 Å². The SMILES string of the molecule is O=Cc1nc(Cl)c2ccccc2n1. The highest BCUT2D eigenvalue weighted by atomic mass is 35.5. The van der Waals surface area contributed by atoms with Crippen LogP contribution in [0.2, 0.25) is 5.15 Å². The van der Waals surface area contributed by atoms with Crippen LogP contribution in [0.25, 0.3) is 10.9 Å². The number of nitrogens with zero attached hydrogens (tertiary/aromatic N) is 2. The van der Waals surface area contributed by atoms with E-state index in [4.69, 9.17) is 11.6 Å². The molecule has 0 aliphatic carbocycles. The Morgan fingerprint density at radius 3 is 2.77 bits per heavy atom. The molecule has 0 N–H and O–H groups in total. The predicted molar refractivity (Wildman–Crippen MR) is 49.9 cm³/mol. The molecule has 3 nitrogen and oxygen atoms in total. The first-order valence-corrected chi connectivity index (χ1v) is 4.06. The number of aldehydes is 1. The van der Waals surface area contributed by atoms with E-state index >= 15 is 0 Å². The third-order valence-corrected chi connectivity index (χ3v) is 1.97. The highest BCUT2D eigenvalue weighted by Gasteiger charge is 2.03. The molecule has 1 aromatic heterocycles. The lowest BCUT2D eigenvalue weighted by molar-refractivity contribution is 0.111. The molecule has 0 saturated heterocycles. The van der Waals surface area contributed by atoms with Crippen molar-refractivity contribution in [2.45, 2.75) is 0 Å². The minimum absolute atomic E-state index is 0.115. The Morgan fingerprint density at radius 2 is 2.00 bits per heavy atom. The molecule has 13 heavy (non-hydrogen) atoms. The van der Waals surface area contributed by atoms with Gasteiger partial charge in [0.2, 0.25) is 0 Å². The molecule has 2 aromatic rings. The molecule has 0 unspecified atom stereocenters. The zero-order valence-electron chi connectivity index (χ0n) is 6.57. The van der Waals surface area contributed by atoms with Gasteiger partial charge < -0.3 is 0 Å². The Morgan fingerprint density at radius 1 is 1.23 bits per heavy atom. The topological polar surface area (TPSA) is 42.9 Å². The average Bonchev–Trinajstić information content (AvgIpc) is 2.18. The van der Waals surface area contributed by atoms with Gasteiger partial charge in [-0.3, -0.25) is 4.79 Å². The molecule has 0 aliphatic rings. The smallest absolute Gasteiger partial charge is 0.194 e. The van der Waals surface area contributed by atoms with E-state index in [2.05, 4.69) is 9.97 Å². The van der Waals surface area contributed by atoms with Gasteiger partial charge in [0.1, 0.15) is 5.15 Å². The van der Waals surface area contributed by atoms with Gasteiger partial charge in [-0.15, -0.1) is 0 Å². The van der Waals surface area contributed by atoms with Crippen LogP contribution < -0.4 is 0 Å². The molecule has 0 fully saturated rings. The lowest BCUT2D eigenvalue weighted by Crippen LogP contribution is -1.93. The summed E-state index contributed by atoms with van der Waals surface area (Å²) >= 11 is 5.83. The van der Waals surface area contributed by atoms with E-state index in [1.165, 1.54) is 0 Å². The molecule has 1 heterocycles. The number of hydrogen-bond acceptors (Lipinski definition) is 3. The third-order valence-electron chi connectivity index (χ3n) is 1.68. The number of carbonyl (C=O) groups is 1. The maximum absolute atomic E-state index is 10.4. The molecule has 0 spiro atoms. The van der Waals surface area contributed by atoms with Crippen molar-refractivity contribution in [1.29, 1.82) is 0 Å². The van der Waals surface area contributed by atoms with Crippen molar-refractivity contribution in [3.63, 3.8) is 0 Å². The molecule has 0 atom stereocenters. The molecule has 0 aliphatic heterocycles. The number of benzene rings is 1. The van der Waals surface area contributed by atoms with E-state index < -0.39 is 0 Å². The first-order valence-electron chi connectivity index (χ1n) is 3.69. The van der Waals surface area contributed by atoms with Crippen LogP contribution in [-0.2, 0) is 0 Å². The van der Waals surface area contributed by atoms with Gasteiger partial charge in [0.25, 0.3) is 0 Å². The van der Waals surface area contributed by atoms with Crippen LogP contribution in [0, 0.1) is 0 Å². The number of halogens is 1. The summed E-state index contributed by atoms with van der Waals surface area (Å²) in [5.41, 5.74) is 0.685. The fourth-order valence-corrected chi connectivity index (χ4v) is 1.35. The first-order chi connectivity index (χ1) is 6.31. The summed E-state index contributed by atoms with van der Waals surface area (Å²) in [5, 5.41) is 1.07. The van der Waals surface area contributed by atoms with Crippen LogP contribution in [0.5, 0.6) is 0 Å². The van der Waals surface area contributed by atoms with E-state index in [-0.39, 0.29) is 5.82 Å². The fourth-order valence-electron chi connectivity index (χ4n) is 1.11. The van der Waals surface area contributed by atoms with Crippen molar-refractivity contribution in [1.82, 2.24) is 9.97 Å². The molecule has 0 radical (unpaired) electrons. The second-order valence-corrected chi connectivity index (χ2v) is 2.87. The minimum atomic E-state index is 0.115. The van der Waals surface area contributed by atoms with E-state index in [0.29, 0.717) is 17.0 Å². The summed E-state index contributed by atoms with van der Waals surface area (Å²) in [6.45, 7) is 0. The summed E-state index contributed by atoms with van der Waals surface area (Å²) < 4.78 is 0. The van der Waals surface area contributed by atoms with E-state index in [0.717, 1.165) is 5.39 Å². The second kappa shape index (κ2) is 3.11. The number of hydrogen-bond donors (Lipinski definition) is 0. The van der Waals surface area contributed by atoms with Gasteiger partial charge >= 0.3 is 0 Å². The van der Waals surface area contributed by atoms with Crippen molar-refractivity contribution in [3.8, 4) is 0 Å². The monoisotopic (exact) mass is 192 g/mol. The Labute approximate surface area is 79.4 Å². The summed E-state index contributed by atoms with van der Waals surface area (Å²) in [7, 11) is 0. The largest absolute Gasteiger partial charge is 0.294 e. The second-order valence-electron chi connectivity index (χ2n) is 2.51. The predicted octanol–water partition coefficient (Wildman–Crippen LogP) is 2.10. The molecule has 4 heteroatoms. The van der Waals surface area contributed by atoms with Gasteiger partial charge in [0.05, 0.1) is 5.52 Å². The average molecular weight is 193 g/mol. The molecule has 0 bridgehead atoms. The number of fused-ring (bicyclic) bond motifs is 1. The van der Waals surface area contributed by atoms with E-state index in [9.17, 15) is 4.79 Å². The fraction of sp³-hybridized carbons (Fsp3) is 0. The van der Waals surface area contributed by atoms with Gasteiger partial charge in [0.15, 0.2) is 12.1 Å². The van der Waals surface area contributed by atoms with Crippen LogP contribution >= 0.6 is 11.6 Å². The maximum Gasteiger partial charge on any atom is 0.194 e. The van der Waals surface area contributed by atoms with Gasteiger partial charge in [0, 0.05) is 5.39 Å². The lowest BCUT2D eigenvalue weighted by atomic mass is 10.2. The number of aromatic nitrogens is 2. The van der Waals surface area contributed by atoms with Crippen LogP contribution in [0.15, 0.2) is 24.3 Å². The molecule has 0 amide bonds. The highest BCUT2D eigenvalue weighted by Crippen LogP contribution is 2.18. The van der Waals surface area contributed by atoms with Crippen LogP contribution in [-0.4, -0.2) is 16.3 Å². The quantitative estimate of drug-likeness (QED) is 0.513. The first kappa shape index (κ1) is 8.13. The van der Waals surface area contributed by atoms with Crippen molar-refractivity contribution >= 4 is 28.8 Å². The van der Waals surface area contributed by atoms with Crippen LogP contribution in [0.1, 0.15) is 10.6 Å². The molecular formula is C9H5ClN2O. The zero-order chi connectivity index (χ0) is 9.26. The standard InChI is InChI=1S/C9H5ClN2O/c10-9-6-3-1-2-4-7(6)11-8(5-13)12-9/h1-5H. The number of carbonyl (C=O) groups excluding carboxylic acids is 1. The third kappa shape index (κ3) is 1.38. The van der Waals surface area contributed by atoms with Crippen molar-refractivity contribution in [2.24, 2.45) is 0 Å².